The zero-order chi connectivity index (χ0) is 12.2. The number of hydrogen-bond acceptors (Lipinski definition) is 3. The number of carboxylic acid groups (broad SMARTS) is 1. The van der Waals surface area contributed by atoms with Crippen molar-refractivity contribution in [2.24, 2.45) is 5.73 Å². The minimum atomic E-state index is -1.01. The fourth-order valence-electron chi connectivity index (χ4n) is 2.43. The first kappa shape index (κ1) is 13.5. The van der Waals surface area contributed by atoms with E-state index < -0.39 is 11.5 Å². The van der Waals surface area contributed by atoms with Crippen LogP contribution in [0.25, 0.3) is 0 Å². The highest BCUT2D eigenvalue weighted by molar-refractivity contribution is 5.79. The summed E-state index contributed by atoms with van der Waals surface area (Å²) in [6.45, 7) is 5.67. The SMILES string of the molecule is CCCCC(CC)N1CCC(N)(C(=O)O)C1. The molecule has 0 aromatic rings. The van der Waals surface area contributed by atoms with Gasteiger partial charge in [0, 0.05) is 19.1 Å². The fraction of sp³-hybridized carbons (Fsp3) is 0.917. The van der Waals surface area contributed by atoms with Crippen molar-refractivity contribution in [2.75, 3.05) is 13.1 Å². The van der Waals surface area contributed by atoms with E-state index in [0.29, 0.717) is 19.0 Å². The van der Waals surface area contributed by atoms with E-state index in [2.05, 4.69) is 18.7 Å². The number of unbranched alkanes of at least 4 members (excludes halogenated alkanes) is 1. The maximum atomic E-state index is 11.0. The molecule has 0 radical (unpaired) electrons. The number of carbonyl (C=O) groups is 1. The molecule has 0 bridgehead atoms. The molecule has 0 aromatic carbocycles. The van der Waals surface area contributed by atoms with E-state index >= 15 is 0 Å². The smallest absolute Gasteiger partial charge is 0.325 e. The lowest BCUT2D eigenvalue weighted by Crippen LogP contribution is -2.51. The molecule has 0 amide bonds. The number of nitrogens with zero attached hydrogens (tertiary/aromatic N) is 1. The van der Waals surface area contributed by atoms with Gasteiger partial charge in [0.2, 0.25) is 0 Å². The van der Waals surface area contributed by atoms with Crippen molar-refractivity contribution in [2.45, 2.75) is 57.5 Å². The van der Waals surface area contributed by atoms with E-state index in [4.69, 9.17) is 10.8 Å². The molecular weight excluding hydrogens is 204 g/mol. The predicted octanol–water partition coefficient (Wildman–Crippen LogP) is 1.44. The van der Waals surface area contributed by atoms with Gasteiger partial charge in [0.05, 0.1) is 0 Å². The Labute approximate surface area is 97.8 Å². The van der Waals surface area contributed by atoms with Crippen molar-refractivity contribution in [1.82, 2.24) is 4.90 Å². The van der Waals surface area contributed by atoms with Crippen LogP contribution in [-0.4, -0.2) is 40.6 Å². The highest BCUT2D eigenvalue weighted by atomic mass is 16.4. The molecule has 4 nitrogen and oxygen atoms in total. The monoisotopic (exact) mass is 228 g/mol. The molecule has 16 heavy (non-hydrogen) atoms. The van der Waals surface area contributed by atoms with Crippen LogP contribution >= 0.6 is 0 Å². The number of likely N-dealkylation sites (tertiary alicyclic amines) is 1. The van der Waals surface area contributed by atoms with Crippen LogP contribution in [0.3, 0.4) is 0 Å². The topological polar surface area (TPSA) is 66.6 Å². The van der Waals surface area contributed by atoms with Crippen molar-refractivity contribution in [3.05, 3.63) is 0 Å². The zero-order valence-electron chi connectivity index (χ0n) is 10.4. The fourth-order valence-corrected chi connectivity index (χ4v) is 2.43. The largest absolute Gasteiger partial charge is 0.480 e. The molecular formula is C12H24N2O2. The molecule has 0 aromatic heterocycles. The van der Waals surface area contributed by atoms with Crippen LogP contribution in [0.1, 0.15) is 46.0 Å². The van der Waals surface area contributed by atoms with E-state index in [0.717, 1.165) is 19.4 Å². The Morgan fingerprint density at radius 2 is 2.25 bits per heavy atom. The van der Waals surface area contributed by atoms with Gasteiger partial charge in [-0.25, -0.2) is 0 Å². The van der Waals surface area contributed by atoms with Gasteiger partial charge < -0.3 is 10.8 Å². The van der Waals surface area contributed by atoms with Gasteiger partial charge in [-0.05, 0) is 19.3 Å². The molecule has 2 atom stereocenters. The normalized spacial score (nSPS) is 28.2. The van der Waals surface area contributed by atoms with Crippen LogP contribution in [-0.2, 0) is 4.79 Å². The van der Waals surface area contributed by atoms with Gasteiger partial charge in [-0.15, -0.1) is 0 Å². The van der Waals surface area contributed by atoms with E-state index in [1.807, 2.05) is 0 Å². The lowest BCUT2D eigenvalue weighted by atomic mass is 10.0. The Kier molecular flexibility index (Phi) is 4.74. The molecule has 4 heteroatoms. The summed E-state index contributed by atoms with van der Waals surface area (Å²) in [5, 5.41) is 9.07. The van der Waals surface area contributed by atoms with Crippen LogP contribution in [0.5, 0.6) is 0 Å². The van der Waals surface area contributed by atoms with Gasteiger partial charge in [0.1, 0.15) is 5.54 Å². The summed E-state index contributed by atoms with van der Waals surface area (Å²) in [5.74, 6) is -0.861. The van der Waals surface area contributed by atoms with Crippen molar-refractivity contribution in [3.8, 4) is 0 Å². The molecule has 1 heterocycles. The first-order valence-electron chi connectivity index (χ1n) is 6.29. The Balaban J connectivity index is 2.53. The summed E-state index contributed by atoms with van der Waals surface area (Å²) < 4.78 is 0. The number of hydrogen-bond donors (Lipinski definition) is 2. The molecule has 1 aliphatic rings. The summed E-state index contributed by atoms with van der Waals surface area (Å²) in [7, 11) is 0. The quantitative estimate of drug-likeness (QED) is 0.722. The predicted molar refractivity (Wildman–Crippen MR) is 64.3 cm³/mol. The van der Waals surface area contributed by atoms with Gasteiger partial charge in [-0.1, -0.05) is 26.7 Å². The van der Waals surface area contributed by atoms with E-state index in [1.165, 1.54) is 12.8 Å². The Morgan fingerprint density at radius 3 is 2.69 bits per heavy atom. The van der Waals surface area contributed by atoms with Crippen LogP contribution in [0, 0.1) is 0 Å². The maximum Gasteiger partial charge on any atom is 0.325 e. The average Bonchev–Trinajstić information content (AvgIpc) is 2.64. The number of aliphatic carboxylic acids is 1. The number of nitrogens with two attached hydrogens (primary N) is 1. The van der Waals surface area contributed by atoms with E-state index in [9.17, 15) is 4.79 Å². The second-order valence-electron chi connectivity index (χ2n) is 4.89. The average molecular weight is 228 g/mol. The summed E-state index contributed by atoms with van der Waals surface area (Å²) in [5.41, 5.74) is 4.86. The van der Waals surface area contributed by atoms with Crippen LogP contribution in [0.15, 0.2) is 0 Å². The van der Waals surface area contributed by atoms with E-state index in [-0.39, 0.29) is 0 Å². The third-order valence-electron chi connectivity index (χ3n) is 3.63. The highest BCUT2D eigenvalue weighted by Gasteiger charge is 2.42. The van der Waals surface area contributed by atoms with Crippen molar-refractivity contribution in [3.63, 3.8) is 0 Å². The molecule has 0 aliphatic carbocycles. The van der Waals surface area contributed by atoms with Crippen molar-refractivity contribution in [1.29, 1.82) is 0 Å². The molecule has 0 spiro atoms. The second kappa shape index (κ2) is 5.64. The van der Waals surface area contributed by atoms with Gasteiger partial charge >= 0.3 is 5.97 Å². The number of carboxylic acids is 1. The van der Waals surface area contributed by atoms with Gasteiger partial charge in [0.15, 0.2) is 0 Å². The van der Waals surface area contributed by atoms with Crippen molar-refractivity contribution < 1.29 is 9.90 Å². The summed E-state index contributed by atoms with van der Waals surface area (Å²) in [4.78, 5) is 13.3. The standard InChI is InChI=1S/C12H24N2O2/c1-3-5-6-10(4-2)14-8-7-12(13,9-14)11(15)16/h10H,3-9,13H2,1-2H3,(H,15,16). The first-order chi connectivity index (χ1) is 7.53. The highest BCUT2D eigenvalue weighted by Crippen LogP contribution is 2.24. The van der Waals surface area contributed by atoms with Gasteiger partial charge in [-0.2, -0.15) is 0 Å². The molecule has 0 saturated carbocycles. The van der Waals surface area contributed by atoms with Crippen LogP contribution in [0.2, 0.25) is 0 Å². The third-order valence-corrected chi connectivity index (χ3v) is 3.63. The Bertz CT molecular complexity index is 245. The van der Waals surface area contributed by atoms with Crippen molar-refractivity contribution >= 4 is 5.97 Å². The Morgan fingerprint density at radius 1 is 1.56 bits per heavy atom. The van der Waals surface area contributed by atoms with E-state index in [1.54, 1.807) is 0 Å². The zero-order valence-corrected chi connectivity index (χ0v) is 10.4. The summed E-state index contributed by atoms with van der Waals surface area (Å²) in [6.07, 6.45) is 5.21. The molecule has 1 aliphatic heterocycles. The van der Waals surface area contributed by atoms with Gasteiger partial charge in [-0.3, -0.25) is 9.69 Å². The maximum absolute atomic E-state index is 11.0. The molecule has 3 N–H and O–H groups in total. The molecule has 1 rings (SSSR count). The third kappa shape index (κ3) is 2.95. The second-order valence-corrected chi connectivity index (χ2v) is 4.89. The first-order valence-corrected chi connectivity index (χ1v) is 6.29. The van der Waals surface area contributed by atoms with Crippen LogP contribution < -0.4 is 5.73 Å². The minimum Gasteiger partial charge on any atom is -0.480 e. The van der Waals surface area contributed by atoms with Gasteiger partial charge in [0.25, 0.3) is 0 Å². The molecule has 1 fully saturated rings. The minimum absolute atomic E-state index is 0.504. The Hall–Kier alpha value is -0.610. The lowest BCUT2D eigenvalue weighted by Gasteiger charge is -2.28. The molecule has 1 saturated heterocycles. The lowest BCUT2D eigenvalue weighted by molar-refractivity contribution is -0.142. The summed E-state index contributed by atoms with van der Waals surface area (Å²) in [6, 6.07) is 0.504. The molecule has 2 unspecified atom stereocenters. The number of rotatable bonds is 6. The summed E-state index contributed by atoms with van der Waals surface area (Å²) >= 11 is 0. The molecule has 94 valence electrons. The van der Waals surface area contributed by atoms with Crippen LogP contribution in [0.4, 0.5) is 0 Å².